The van der Waals surface area contributed by atoms with Gasteiger partial charge in [-0.15, -0.1) is 14.0 Å². The predicted octanol–water partition coefficient (Wildman–Crippen LogP) is -0.630. The minimum atomic E-state index is -3.84. The fraction of sp³-hybridized carbons (Fsp3) is 0. The van der Waals surface area contributed by atoms with E-state index in [1.165, 1.54) is 0 Å². The maximum absolute atomic E-state index is 11.3. The SMILES string of the molecule is O=c1nc2c(O)c(n1O)N1OP(=O)(O2)O1. The third-order valence-corrected chi connectivity index (χ3v) is 2.81. The zero-order valence-electron chi connectivity index (χ0n) is 6.72. The van der Waals surface area contributed by atoms with Gasteiger partial charge in [-0.2, -0.15) is 4.98 Å². The summed E-state index contributed by atoms with van der Waals surface area (Å²) in [6.45, 7) is 0. The second-order valence-electron chi connectivity index (χ2n) is 2.64. The molecule has 3 aliphatic heterocycles. The summed E-state index contributed by atoms with van der Waals surface area (Å²) in [6.07, 6.45) is 0. The average Bonchev–Trinajstić information content (AvgIpc) is 2.22. The molecule has 0 saturated carbocycles. The number of rotatable bonds is 0. The molecule has 10 nitrogen and oxygen atoms in total. The number of aromatic hydroxyl groups is 1. The lowest BCUT2D eigenvalue weighted by Crippen LogP contribution is -2.35. The zero-order valence-corrected chi connectivity index (χ0v) is 7.62. The molecule has 0 aromatic carbocycles. The van der Waals surface area contributed by atoms with Crippen molar-refractivity contribution in [3.63, 3.8) is 0 Å². The molecule has 11 heteroatoms. The van der Waals surface area contributed by atoms with Crippen LogP contribution in [-0.2, 0) is 13.8 Å². The summed E-state index contributed by atoms with van der Waals surface area (Å²) in [7, 11) is -3.84. The van der Waals surface area contributed by atoms with E-state index in [2.05, 4.69) is 18.8 Å². The quantitative estimate of drug-likeness (QED) is 0.446. The molecule has 0 aliphatic carbocycles. The summed E-state index contributed by atoms with van der Waals surface area (Å²) in [5.41, 5.74) is -1.13. The topological polar surface area (TPSA) is 123 Å². The van der Waals surface area contributed by atoms with Crippen LogP contribution < -0.4 is 15.4 Å². The normalized spacial score (nSPS) is 20.1. The third kappa shape index (κ3) is 0.923. The molecule has 4 heterocycles. The van der Waals surface area contributed by atoms with Gasteiger partial charge in [0.2, 0.25) is 5.75 Å². The maximum atomic E-state index is 11.3. The van der Waals surface area contributed by atoms with Gasteiger partial charge in [-0.1, -0.05) is 5.23 Å². The van der Waals surface area contributed by atoms with E-state index in [1.807, 2.05) is 0 Å². The summed E-state index contributed by atoms with van der Waals surface area (Å²) in [5, 5.41) is 19.0. The Bertz CT molecular complexity index is 556. The van der Waals surface area contributed by atoms with Crippen LogP contribution in [0, 0.1) is 0 Å². The summed E-state index contributed by atoms with van der Waals surface area (Å²) in [5.74, 6) is -1.90. The second-order valence-corrected chi connectivity index (χ2v) is 4.05. The molecule has 3 aliphatic rings. The van der Waals surface area contributed by atoms with E-state index in [4.69, 9.17) is 0 Å². The molecule has 1 aromatic heterocycles. The Kier molecular flexibility index (Phi) is 1.28. The molecule has 0 unspecified atom stereocenters. The molecule has 1 aromatic rings. The van der Waals surface area contributed by atoms with E-state index in [-0.39, 0.29) is 4.73 Å². The van der Waals surface area contributed by atoms with Crippen molar-refractivity contribution in [2.45, 2.75) is 0 Å². The third-order valence-electron chi connectivity index (χ3n) is 1.71. The van der Waals surface area contributed by atoms with Gasteiger partial charge in [-0.3, -0.25) is 0 Å². The van der Waals surface area contributed by atoms with Crippen molar-refractivity contribution in [1.29, 1.82) is 0 Å². The van der Waals surface area contributed by atoms with Crippen LogP contribution in [0.5, 0.6) is 11.6 Å². The largest absolute Gasteiger partial charge is 0.579 e. The van der Waals surface area contributed by atoms with Crippen molar-refractivity contribution in [3.8, 4) is 11.6 Å². The smallest absolute Gasteiger partial charge is 0.500 e. The van der Waals surface area contributed by atoms with Gasteiger partial charge in [0.25, 0.3) is 11.7 Å². The maximum Gasteiger partial charge on any atom is 0.579 e. The van der Waals surface area contributed by atoms with Crippen LogP contribution in [0.3, 0.4) is 0 Å². The summed E-state index contributed by atoms with van der Waals surface area (Å²) in [4.78, 5) is 14.1. The van der Waals surface area contributed by atoms with Gasteiger partial charge in [0.05, 0.1) is 0 Å². The molecule has 2 N–H and O–H groups in total. The van der Waals surface area contributed by atoms with E-state index in [0.29, 0.717) is 5.23 Å². The minimum absolute atomic E-state index is 0.0307. The van der Waals surface area contributed by atoms with E-state index in [9.17, 15) is 19.7 Å². The first-order valence-corrected chi connectivity index (χ1v) is 5.01. The molecule has 0 atom stereocenters. The van der Waals surface area contributed by atoms with Crippen LogP contribution in [0.4, 0.5) is 5.82 Å². The standard InChI is InChI=1S/C4H2N3O7P/c8-1-2-5-4(9)6(10)3(1)7-13-15(11,12-2)14-7/h8,10H. The highest BCUT2D eigenvalue weighted by molar-refractivity contribution is 7.50. The number of phosphoric acid groups is 1. The molecule has 1 saturated heterocycles. The first kappa shape index (κ1) is 8.53. The number of anilines is 1. The van der Waals surface area contributed by atoms with Gasteiger partial charge in [0.15, 0.2) is 0 Å². The Hall–Kier alpha value is -1.77. The molecule has 1 fully saturated rings. The van der Waals surface area contributed by atoms with Crippen LogP contribution in [0.1, 0.15) is 0 Å². The lowest BCUT2D eigenvalue weighted by molar-refractivity contribution is -0.0638. The van der Waals surface area contributed by atoms with Gasteiger partial charge in [0, 0.05) is 0 Å². The van der Waals surface area contributed by atoms with Gasteiger partial charge < -0.3 is 14.8 Å². The Morgan fingerprint density at radius 3 is 2.73 bits per heavy atom. The zero-order chi connectivity index (χ0) is 10.8. The lowest BCUT2D eigenvalue weighted by Gasteiger charge is -2.30. The monoisotopic (exact) mass is 235 g/mol. The van der Waals surface area contributed by atoms with Crippen molar-refractivity contribution in [2.24, 2.45) is 0 Å². The molecule has 0 amide bonds. The van der Waals surface area contributed by atoms with Crippen molar-refractivity contribution >= 4 is 13.6 Å². The highest BCUT2D eigenvalue weighted by Crippen LogP contribution is 2.64. The van der Waals surface area contributed by atoms with Gasteiger partial charge in [0.1, 0.15) is 0 Å². The van der Waals surface area contributed by atoms with Crippen LogP contribution in [0.2, 0.25) is 0 Å². The molecule has 15 heavy (non-hydrogen) atoms. The Morgan fingerprint density at radius 2 is 2.07 bits per heavy atom. The Labute approximate surface area is 80.3 Å². The first-order valence-electron chi connectivity index (χ1n) is 3.55. The Morgan fingerprint density at radius 1 is 1.40 bits per heavy atom. The van der Waals surface area contributed by atoms with E-state index >= 15 is 0 Å². The fourth-order valence-electron chi connectivity index (χ4n) is 1.11. The number of hydrogen-bond acceptors (Lipinski definition) is 9. The number of hydrogen-bond donors (Lipinski definition) is 2. The molecule has 4 bridgehead atoms. The summed E-state index contributed by atoms with van der Waals surface area (Å²) < 4.78 is 24.7. The van der Waals surface area contributed by atoms with Crippen LogP contribution in [-0.4, -0.2) is 20.0 Å². The highest BCUT2D eigenvalue weighted by atomic mass is 31.2. The molecular weight excluding hydrogens is 233 g/mol. The summed E-state index contributed by atoms with van der Waals surface area (Å²) >= 11 is 0. The van der Waals surface area contributed by atoms with Gasteiger partial charge in [-0.25, -0.2) is 9.36 Å². The van der Waals surface area contributed by atoms with E-state index < -0.39 is 31.0 Å². The van der Waals surface area contributed by atoms with E-state index in [0.717, 1.165) is 0 Å². The van der Waals surface area contributed by atoms with Crippen molar-refractivity contribution in [3.05, 3.63) is 10.5 Å². The fourth-order valence-corrected chi connectivity index (χ4v) is 2.04. The van der Waals surface area contributed by atoms with Crippen molar-refractivity contribution < 1.29 is 28.7 Å². The van der Waals surface area contributed by atoms with Gasteiger partial charge >= 0.3 is 13.5 Å². The molecule has 4 rings (SSSR count). The average molecular weight is 235 g/mol. The summed E-state index contributed by atoms with van der Waals surface area (Å²) in [6, 6.07) is 0. The lowest BCUT2D eigenvalue weighted by atomic mass is 10.5. The van der Waals surface area contributed by atoms with Gasteiger partial charge in [-0.05, 0) is 0 Å². The molecule has 0 spiro atoms. The first-order chi connectivity index (χ1) is 7.00. The molecule has 80 valence electrons. The van der Waals surface area contributed by atoms with Crippen LogP contribution in [0.15, 0.2) is 4.79 Å². The van der Waals surface area contributed by atoms with Crippen LogP contribution >= 0.6 is 7.82 Å². The van der Waals surface area contributed by atoms with Crippen molar-refractivity contribution in [2.75, 3.05) is 5.23 Å². The van der Waals surface area contributed by atoms with E-state index in [1.54, 1.807) is 0 Å². The van der Waals surface area contributed by atoms with Crippen LogP contribution in [0.25, 0.3) is 0 Å². The van der Waals surface area contributed by atoms with Crippen molar-refractivity contribution in [1.82, 2.24) is 9.71 Å². The number of aromatic nitrogens is 2. The second kappa shape index (κ2) is 2.24. The Balaban J connectivity index is 2.36. The molecular formula is C4H2N3O7P. The molecule has 0 radical (unpaired) electrons. The predicted molar refractivity (Wildman–Crippen MR) is 40.2 cm³/mol. The number of nitrogens with zero attached hydrogens (tertiary/aromatic N) is 3. The minimum Gasteiger partial charge on any atom is -0.500 e. The highest BCUT2D eigenvalue weighted by Gasteiger charge is 2.54.